The quantitative estimate of drug-likeness (QED) is 0.525. The van der Waals surface area contributed by atoms with E-state index in [9.17, 15) is 5.11 Å². The van der Waals surface area contributed by atoms with Gasteiger partial charge in [0.15, 0.2) is 0 Å². The van der Waals surface area contributed by atoms with Crippen molar-refractivity contribution in [3.05, 3.63) is 59.7 Å². The number of hydrogen-bond donors (Lipinski definition) is 3. The number of fused-ring (bicyclic) bond motifs is 2. The van der Waals surface area contributed by atoms with Crippen LogP contribution in [0.15, 0.2) is 48.5 Å². The fourth-order valence-electron chi connectivity index (χ4n) is 3.42. The highest BCUT2D eigenvalue weighted by Gasteiger charge is 2.19. The second-order valence-electron chi connectivity index (χ2n) is 5.95. The Morgan fingerprint density at radius 3 is 2.44 bits per heavy atom. The maximum absolute atomic E-state index is 10.5. The average molecular weight is 332 g/mol. The SMILES string of the molecule is CC.Nc1cc(-c2c(O)ccc3c2C=CCC3)c(N)c2ccccc12. The van der Waals surface area contributed by atoms with Crippen LogP contribution in [0.25, 0.3) is 28.0 Å². The molecule has 3 aromatic rings. The van der Waals surface area contributed by atoms with E-state index in [-0.39, 0.29) is 5.75 Å². The molecular formula is C22H24N2O. The van der Waals surface area contributed by atoms with E-state index < -0.39 is 0 Å². The molecule has 0 heterocycles. The number of hydrogen-bond acceptors (Lipinski definition) is 3. The normalized spacial score (nSPS) is 12.4. The number of benzene rings is 3. The summed E-state index contributed by atoms with van der Waals surface area (Å²) in [4.78, 5) is 0. The van der Waals surface area contributed by atoms with Gasteiger partial charge in [0.25, 0.3) is 0 Å². The predicted molar refractivity (Wildman–Crippen MR) is 109 cm³/mol. The lowest BCUT2D eigenvalue weighted by atomic mass is 9.87. The van der Waals surface area contributed by atoms with Crippen LogP contribution in [0.4, 0.5) is 11.4 Å². The zero-order valence-electron chi connectivity index (χ0n) is 14.7. The molecule has 4 rings (SSSR count). The largest absolute Gasteiger partial charge is 0.507 e. The monoisotopic (exact) mass is 332 g/mol. The van der Waals surface area contributed by atoms with E-state index in [0.717, 1.165) is 40.3 Å². The Hall–Kier alpha value is -2.94. The third-order valence-corrected chi connectivity index (χ3v) is 4.57. The molecule has 0 unspecified atom stereocenters. The number of aromatic hydroxyl groups is 1. The van der Waals surface area contributed by atoms with Crippen molar-refractivity contribution >= 4 is 28.2 Å². The summed E-state index contributed by atoms with van der Waals surface area (Å²) in [7, 11) is 0. The van der Waals surface area contributed by atoms with Crippen LogP contribution in [0.2, 0.25) is 0 Å². The molecule has 0 bridgehead atoms. The van der Waals surface area contributed by atoms with Crippen molar-refractivity contribution < 1.29 is 5.11 Å². The summed E-state index contributed by atoms with van der Waals surface area (Å²) in [6, 6.07) is 13.4. The smallest absolute Gasteiger partial charge is 0.124 e. The highest BCUT2D eigenvalue weighted by atomic mass is 16.3. The molecule has 1 aliphatic rings. The van der Waals surface area contributed by atoms with E-state index in [1.807, 2.05) is 50.2 Å². The lowest BCUT2D eigenvalue weighted by Crippen LogP contribution is -2.01. The molecule has 0 aliphatic heterocycles. The van der Waals surface area contributed by atoms with Crippen LogP contribution in [0.1, 0.15) is 31.4 Å². The molecule has 0 amide bonds. The van der Waals surface area contributed by atoms with Gasteiger partial charge in [-0.1, -0.05) is 56.3 Å². The van der Waals surface area contributed by atoms with Crippen LogP contribution in [0, 0.1) is 0 Å². The molecule has 1 aliphatic carbocycles. The molecule has 0 saturated heterocycles. The van der Waals surface area contributed by atoms with Gasteiger partial charge in [-0.25, -0.2) is 0 Å². The first kappa shape index (κ1) is 16.9. The zero-order chi connectivity index (χ0) is 18.0. The molecule has 3 nitrogen and oxygen atoms in total. The van der Waals surface area contributed by atoms with Gasteiger partial charge in [-0.05, 0) is 36.1 Å². The Bertz CT molecular complexity index is 958. The van der Waals surface area contributed by atoms with Gasteiger partial charge in [0.1, 0.15) is 5.75 Å². The van der Waals surface area contributed by atoms with Crippen molar-refractivity contribution in [1.29, 1.82) is 0 Å². The van der Waals surface area contributed by atoms with Gasteiger partial charge >= 0.3 is 0 Å². The Morgan fingerprint density at radius 1 is 0.960 bits per heavy atom. The van der Waals surface area contributed by atoms with Crippen molar-refractivity contribution in [3.8, 4) is 16.9 Å². The minimum absolute atomic E-state index is 0.233. The minimum Gasteiger partial charge on any atom is -0.507 e. The summed E-state index contributed by atoms with van der Waals surface area (Å²) in [5, 5.41) is 12.3. The number of nitrogen functional groups attached to an aromatic ring is 2. The topological polar surface area (TPSA) is 72.3 Å². The van der Waals surface area contributed by atoms with Crippen LogP contribution in [-0.2, 0) is 6.42 Å². The third kappa shape index (κ3) is 2.82. The average Bonchev–Trinajstić information content (AvgIpc) is 2.67. The van der Waals surface area contributed by atoms with E-state index in [1.54, 1.807) is 6.07 Å². The number of aryl methyl sites for hydroxylation is 1. The lowest BCUT2D eigenvalue weighted by molar-refractivity contribution is 0.477. The fraction of sp³-hybridized carbons (Fsp3) is 0.182. The molecule has 25 heavy (non-hydrogen) atoms. The van der Waals surface area contributed by atoms with E-state index in [1.165, 1.54) is 5.56 Å². The Balaban J connectivity index is 0.000000880. The maximum Gasteiger partial charge on any atom is 0.124 e. The number of anilines is 2. The van der Waals surface area contributed by atoms with E-state index in [4.69, 9.17) is 11.5 Å². The molecule has 0 spiro atoms. The van der Waals surface area contributed by atoms with Gasteiger partial charge in [-0.2, -0.15) is 0 Å². The molecule has 5 N–H and O–H groups in total. The van der Waals surface area contributed by atoms with E-state index >= 15 is 0 Å². The Labute approximate surface area is 148 Å². The number of rotatable bonds is 1. The van der Waals surface area contributed by atoms with Crippen LogP contribution >= 0.6 is 0 Å². The van der Waals surface area contributed by atoms with E-state index in [2.05, 4.69) is 12.2 Å². The summed E-state index contributed by atoms with van der Waals surface area (Å²) < 4.78 is 0. The zero-order valence-corrected chi connectivity index (χ0v) is 14.7. The second kappa shape index (κ2) is 6.89. The van der Waals surface area contributed by atoms with Gasteiger partial charge in [0.2, 0.25) is 0 Å². The molecule has 0 saturated carbocycles. The molecule has 3 heteroatoms. The number of nitrogens with two attached hydrogens (primary N) is 2. The minimum atomic E-state index is 0.233. The van der Waals surface area contributed by atoms with Crippen molar-refractivity contribution in [3.63, 3.8) is 0 Å². The van der Waals surface area contributed by atoms with Crippen LogP contribution in [-0.4, -0.2) is 5.11 Å². The van der Waals surface area contributed by atoms with Gasteiger partial charge in [0, 0.05) is 33.3 Å². The Kier molecular flexibility index (Phi) is 4.66. The molecule has 0 fully saturated rings. The summed E-state index contributed by atoms with van der Waals surface area (Å²) in [5.41, 5.74) is 17.8. The van der Waals surface area contributed by atoms with Gasteiger partial charge in [-0.3, -0.25) is 0 Å². The third-order valence-electron chi connectivity index (χ3n) is 4.57. The first-order chi connectivity index (χ1) is 12.2. The Morgan fingerprint density at radius 2 is 1.68 bits per heavy atom. The maximum atomic E-state index is 10.5. The van der Waals surface area contributed by atoms with Gasteiger partial charge < -0.3 is 16.6 Å². The summed E-state index contributed by atoms with van der Waals surface area (Å²) in [6.07, 6.45) is 6.19. The van der Waals surface area contributed by atoms with Crippen molar-refractivity contribution in [2.24, 2.45) is 0 Å². The molecule has 0 aromatic heterocycles. The summed E-state index contributed by atoms with van der Waals surface area (Å²) in [6.45, 7) is 4.00. The van der Waals surface area contributed by atoms with Crippen molar-refractivity contribution in [1.82, 2.24) is 0 Å². The first-order valence-corrected chi connectivity index (χ1v) is 8.75. The van der Waals surface area contributed by atoms with Crippen molar-refractivity contribution in [2.75, 3.05) is 11.5 Å². The van der Waals surface area contributed by atoms with Gasteiger partial charge in [0.05, 0.1) is 0 Å². The second-order valence-corrected chi connectivity index (χ2v) is 5.95. The molecule has 128 valence electrons. The number of allylic oxidation sites excluding steroid dienone is 1. The lowest BCUT2D eigenvalue weighted by Gasteiger charge is -2.19. The molecule has 0 atom stereocenters. The fourth-order valence-corrected chi connectivity index (χ4v) is 3.42. The number of phenols is 1. The first-order valence-electron chi connectivity index (χ1n) is 8.75. The van der Waals surface area contributed by atoms with Crippen LogP contribution < -0.4 is 11.5 Å². The predicted octanol–water partition coefficient (Wildman–Crippen LogP) is 5.36. The molecular weight excluding hydrogens is 308 g/mol. The number of phenolic OH excluding ortho intramolecular Hbond substituents is 1. The van der Waals surface area contributed by atoms with E-state index in [0.29, 0.717) is 11.4 Å². The highest BCUT2D eigenvalue weighted by Crippen LogP contribution is 2.43. The highest BCUT2D eigenvalue weighted by molar-refractivity contribution is 6.08. The van der Waals surface area contributed by atoms with Crippen molar-refractivity contribution in [2.45, 2.75) is 26.7 Å². The van der Waals surface area contributed by atoms with Crippen LogP contribution in [0.5, 0.6) is 5.75 Å². The summed E-state index contributed by atoms with van der Waals surface area (Å²) >= 11 is 0. The van der Waals surface area contributed by atoms with Crippen LogP contribution in [0.3, 0.4) is 0 Å². The molecule has 0 radical (unpaired) electrons. The molecule has 3 aromatic carbocycles. The van der Waals surface area contributed by atoms with Gasteiger partial charge in [-0.15, -0.1) is 0 Å². The summed E-state index contributed by atoms with van der Waals surface area (Å²) in [5.74, 6) is 0.233. The standard InChI is InChI=1S/C20H18N2O.C2H6/c21-17-11-16(20(22)15-8-4-3-7-14(15)17)19-13-6-2-1-5-12(13)9-10-18(19)23;1-2/h2-4,6-11,23H,1,5,21-22H2;1-2H3.